The fourth-order valence-electron chi connectivity index (χ4n) is 2.20. The van der Waals surface area contributed by atoms with Gasteiger partial charge in [0.2, 0.25) is 5.91 Å². The van der Waals surface area contributed by atoms with Gasteiger partial charge in [0.05, 0.1) is 0 Å². The van der Waals surface area contributed by atoms with Crippen LogP contribution in [0.5, 0.6) is 0 Å². The summed E-state index contributed by atoms with van der Waals surface area (Å²) >= 11 is 3.43. The molecule has 19 heavy (non-hydrogen) atoms. The van der Waals surface area contributed by atoms with Crippen molar-refractivity contribution >= 4 is 21.8 Å². The molecular formula is C16H32BrNO. The van der Waals surface area contributed by atoms with Crippen molar-refractivity contribution < 1.29 is 4.79 Å². The standard InChI is InChI=1S/C16H32BrNO/c1-3-5-7-8-9-10-11-12-16(19)18(15-13-17)14-6-4-2/h3-15H2,1-2H3. The van der Waals surface area contributed by atoms with Crippen molar-refractivity contribution in [3.05, 3.63) is 0 Å². The van der Waals surface area contributed by atoms with Crippen molar-refractivity contribution in [3.8, 4) is 0 Å². The van der Waals surface area contributed by atoms with E-state index in [-0.39, 0.29) is 0 Å². The van der Waals surface area contributed by atoms with E-state index in [0.29, 0.717) is 5.91 Å². The van der Waals surface area contributed by atoms with Crippen molar-refractivity contribution in [1.82, 2.24) is 4.90 Å². The number of carbonyl (C=O) groups is 1. The molecule has 3 heteroatoms. The van der Waals surface area contributed by atoms with Gasteiger partial charge in [-0.1, -0.05) is 74.7 Å². The number of hydrogen-bond acceptors (Lipinski definition) is 1. The van der Waals surface area contributed by atoms with Gasteiger partial charge in [0.25, 0.3) is 0 Å². The first-order valence-corrected chi connectivity index (χ1v) is 9.22. The normalized spacial score (nSPS) is 10.7. The van der Waals surface area contributed by atoms with Crippen molar-refractivity contribution in [3.63, 3.8) is 0 Å². The van der Waals surface area contributed by atoms with Crippen LogP contribution in [0.4, 0.5) is 0 Å². The van der Waals surface area contributed by atoms with Crippen molar-refractivity contribution in [2.24, 2.45) is 0 Å². The van der Waals surface area contributed by atoms with Crippen LogP contribution >= 0.6 is 15.9 Å². The molecule has 0 unspecified atom stereocenters. The Kier molecular flexibility index (Phi) is 14.3. The Morgan fingerprint density at radius 1 is 0.842 bits per heavy atom. The van der Waals surface area contributed by atoms with Crippen LogP contribution in [0.2, 0.25) is 0 Å². The lowest BCUT2D eigenvalue weighted by Gasteiger charge is -2.21. The molecule has 0 aromatic heterocycles. The van der Waals surface area contributed by atoms with Gasteiger partial charge in [0, 0.05) is 24.8 Å². The molecule has 0 aromatic rings. The maximum atomic E-state index is 12.1. The summed E-state index contributed by atoms with van der Waals surface area (Å²) in [6.07, 6.45) is 11.9. The quantitative estimate of drug-likeness (QED) is 0.337. The maximum absolute atomic E-state index is 12.1. The van der Waals surface area contributed by atoms with Gasteiger partial charge in [-0.05, 0) is 12.8 Å². The molecule has 0 fully saturated rings. The van der Waals surface area contributed by atoms with Gasteiger partial charge in [-0.3, -0.25) is 4.79 Å². The highest BCUT2D eigenvalue weighted by molar-refractivity contribution is 9.09. The van der Waals surface area contributed by atoms with Gasteiger partial charge < -0.3 is 4.90 Å². The number of rotatable bonds is 13. The van der Waals surface area contributed by atoms with Crippen LogP contribution in [0.1, 0.15) is 78.1 Å². The Morgan fingerprint density at radius 2 is 1.42 bits per heavy atom. The summed E-state index contributed by atoms with van der Waals surface area (Å²) in [6.45, 7) is 6.20. The largest absolute Gasteiger partial charge is 0.342 e. The van der Waals surface area contributed by atoms with Crippen molar-refractivity contribution in [2.75, 3.05) is 18.4 Å². The summed E-state index contributed by atoms with van der Waals surface area (Å²) in [6, 6.07) is 0. The van der Waals surface area contributed by atoms with Gasteiger partial charge in [0.15, 0.2) is 0 Å². The van der Waals surface area contributed by atoms with Crippen LogP contribution < -0.4 is 0 Å². The second-order valence-corrected chi connectivity index (χ2v) is 6.09. The zero-order chi connectivity index (χ0) is 14.3. The van der Waals surface area contributed by atoms with Crippen LogP contribution in [-0.4, -0.2) is 29.2 Å². The molecule has 0 bridgehead atoms. The molecular weight excluding hydrogens is 302 g/mol. The Labute approximate surface area is 128 Å². The van der Waals surface area contributed by atoms with E-state index in [0.717, 1.165) is 44.1 Å². The Morgan fingerprint density at radius 3 is 2.00 bits per heavy atom. The lowest BCUT2D eigenvalue weighted by atomic mass is 10.1. The first-order chi connectivity index (χ1) is 9.26. The predicted octanol–water partition coefficient (Wildman–Crippen LogP) is 5.15. The molecule has 0 saturated carbocycles. The molecule has 0 saturated heterocycles. The highest BCUT2D eigenvalue weighted by Gasteiger charge is 2.11. The number of hydrogen-bond donors (Lipinski definition) is 0. The minimum Gasteiger partial charge on any atom is -0.342 e. The molecule has 114 valence electrons. The van der Waals surface area contributed by atoms with Crippen molar-refractivity contribution in [2.45, 2.75) is 78.1 Å². The summed E-state index contributed by atoms with van der Waals surface area (Å²) in [7, 11) is 0. The van der Waals surface area contributed by atoms with Gasteiger partial charge in [-0.25, -0.2) is 0 Å². The second kappa shape index (κ2) is 14.4. The third-order valence-corrected chi connectivity index (χ3v) is 3.84. The monoisotopic (exact) mass is 333 g/mol. The average molecular weight is 334 g/mol. The van der Waals surface area contributed by atoms with Crippen LogP contribution in [0, 0.1) is 0 Å². The minimum absolute atomic E-state index is 0.349. The zero-order valence-corrected chi connectivity index (χ0v) is 14.5. The Balaban J connectivity index is 3.62. The summed E-state index contributed by atoms with van der Waals surface area (Å²) in [5, 5.41) is 0.888. The molecule has 0 aromatic carbocycles. The molecule has 0 spiro atoms. The van der Waals surface area contributed by atoms with E-state index in [1.165, 1.54) is 38.5 Å². The lowest BCUT2D eigenvalue weighted by molar-refractivity contribution is -0.131. The summed E-state index contributed by atoms with van der Waals surface area (Å²) in [5.41, 5.74) is 0. The summed E-state index contributed by atoms with van der Waals surface area (Å²) < 4.78 is 0. The second-order valence-electron chi connectivity index (χ2n) is 5.29. The SMILES string of the molecule is CCCCCCCCCC(=O)N(CCBr)CCCC. The molecule has 1 amide bonds. The van der Waals surface area contributed by atoms with E-state index in [4.69, 9.17) is 0 Å². The Bertz CT molecular complexity index is 209. The predicted molar refractivity (Wildman–Crippen MR) is 87.9 cm³/mol. The average Bonchev–Trinajstić information content (AvgIpc) is 2.42. The van der Waals surface area contributed by atoms with Gasteiger partial charge >= 0.3 is 0 Å². The molecule has 2 nitrogen and oxygen atoms in total. The molecule has 0 radical (unpaired) electrons. The highest BCUT2D eigenvalue weighted by atomic mass is 79.9. The maximum Gasteiger partial charge on any atom is 0.222 e. The smallest absolute Gasteiger partial charge is 0.222 e. The number of unbranched alkanes of at least 4 members (excludes halogenated alkanes) is 7. The van der Waals surface area contributed by atoms with E-state index in [1.54, 1.807) is 0 Å². The molecule has 0 heterocycles. The van der Waals surface area contributed by atoms with E-state index in [1.807, 2.05) is 4.90 Å². The number of amides is 1. The van der Waals surface area contributed by atoms with Crippen LogP contribution in [0.3, 0.4) is 0 Å². The summed E-state index contributed by atoms with van der Waals surface area (Å²) in [5.74, 6) is 0.349. The van der Waals surface area contributed by atoms with E-state index >= 15 is 0 Å². The third kappa shape index (κ3) is 11.5. The highest BCUT2D eigenvalue weighted by Crippen LogP contribution is 2.10. The topological polar surface area (TPSA) is 20.3 Å². The minimum atomic E-state index is 0.349. The number of alkyl halides is 1. The molecule has 0 N–H and O–H groups in total. The fraction of sp³-hybridized carbons (Fsp3) is 0.938. The van der Waals surface area contributed by atoms with E-state index < -0.39 is 0 Å². The molecule has 0 rings (SSSR count). The first kappa shape index (κ1) is 18.9. The zero-order valence-electron chi connectivity index (χ0n) is 12.9. The molecule has 0 aliphatic rings. The lowest BCUT2D eigenvalue weighted by Crippen LogP contribution is -2.33. The van der Waals surface area contributed by atoms with Crippen molar-refractivity contribution in [1.29, 1.82) is 0 Å². The number of nitrogens with zero attached hydrogens (tertiary/aromatic N) is 1. The van der Waals surface area contributed by atoms with Crippen LogP contribution in [-0.2, 0) is 4.79 Å². The van der Waals surface area contributed by atoms with E-state index in [9.17, 15) is 4.79 Å². The summed E-state index contributed by atoms with van der Waals surface area (Å²) in [4.78, 5) is 14.1. The van der Waals surface area contributed by atoms with E-state index in [2.05, 4.69) is 29.8 Å². The fourth-order valence-corrected chi connectivity index (χ4v) is 2.63. The third-order valence-electron chi connectivity index (χ3n) is 3.48. The Hall–Kier alpha value is -0.0500. The number of carbonyl (C=O) groups excluding carboxylic acids is 1. The number of halogens is 1. The first-order valence-electron chi connectivity index (χ1n) is 8.10. The van der Waals surface area contributed by atoms with Gasteiger partial charge in [0.1, 0.15) is 0 Å². The van der Waals surface area contributed by atoms with Gasteiger partial charge in [-0.2, -0.15) is 0 Å². The van der Waals surface area contributed by atoms with Crippen LogP contribution in [0.15, 0.2) is 0 Å². The molecule has 0 aliphatic carbocycles. The molecule has 0 aliphatic heterocycles. The van der Waals surface area contributed by atoms with Gasteiger partial charge in [-0.15, -0.1) is 0 Å². The van der Waals surface area contributed by atoms with Crippen LogP contribution in [0.25, 0.3) is 0 Å². The molecule has 0 atom stereocenters.